The lowest BCUT2D eigenvalue weighted by Crippen LogP contribution is -2.22. The number of aryl methyl sites for hydroxylation is 2. The molecule has 184 valence electrons. The molecule has 6 nitrogen and oxygen atoms in total. The minimum atomic E-state index is -0.359. The van der Waals surface area contributed by atoms with Gasteiger partial charge < -0.3 is 13.9 Å². The monoisotopic (exact) mass is 489 g/mol. The molecule has 5 aromatic rings. The first-order chi connectivity index (χ1) is 18.1. The SMILES string of the molecule is Cn1cc(C2=C(c3cn(CCCOCc4ccccc4)c4ccccc34)C(=O)NC2=O)c2ccccc21. The molecule has 0 bridgehead atoms. The van der Waals surface area contributed by atoms with E-state index in [-0.39, 0.29) is 11.8 Å². The highest BCUT2D eigenvalue weighted by molar-refractivity contribution is 6.50. The zero-order valence-electron chi connectivity index (χ0n) is 20.6. The molecule has 37 heavy (non-hydrogen) atoms. The lowest BCUT2D eigenvalue weighted by molar-refractivity contribution is -0.122. The second kappa shape index (κ2) is 9.56. The first-order valence-electron chi connectivity index (χ1n) is 12.5. The Hall–Kier alpha value is -4.42. The minimum Gasteiger partial charge on any atom is -0.377 e. The largest absolute Gasteiger partial charge is 0.377 e. The number of nitrogens with one attached hydrogen (secondary N) is 1. The highest BCUT2D eigenvalue weighted by atomic mass is 16.5. The average Bonchev–Trinajstić information content (AvgIpc) is 3.54. The molecular weight excluding hydrogens is 462 g/mol. The molecule has 1 aliphatic rings. The van der Waals surface area contributed by atoms with E-state index in [1.54, 1.807) is 0 Å². The Morgan fingerprint density at radius 1 is 0.730 bits per heavy atom. The van der Waals surface area contributed by atoms with Crippen LogP contribution in [0.15, 0.2) is 91.3 Å². The summed E-state index contributed by atoms with van der Waals surface area (Å²) in [7, 11) is 1.95. The number of imide groups is 1. The Balaban J connectivity index is 1.35. The Bertz CT molecular complexity index is 1670. The van der Waals surface area contributed by atoms with Gasteiger partial charge in [0, 0.05) is 65.5 Å². The normalized spacial score (nSPS) is 13.8. The second-order valence-electron chi connectivity index (χ2n) is 9.35. The summed E-state index contributed by atoms with van der Waals surface area (Å²) in [4.78, 5) is 26.3. The third kappa shape index (κ3) is 4.15. The summed E-state index contributed by atoms with van der Waals surface area (Å²) in [6.07, 6.45) is 4.76. The summed E-state index contributed by atoms with van der Waals surface area (Å²) >= 11 is 0. The number of amides is 2. The predicted molar refractivity (Wildman–Crippen MR) is 146 cm³/mol. The van der Waals surface area contributed by atoms with Gasteiger partial charge in [-0.2, -0.15) is 0 Å². The third-order valence-electron chi connectivity index (χ3n) is 6.95. The van der Waals surface area contributed by atoms with E-state index in [0.29, 0.717) is 24.4 Å². The zero-order chi connectivity index (χ0) is 25.4. The molecule has 0 saturated heterocycles. The van der Waals surface area contributed by atoms with Gasteiger partial charge in [0.15, 0.2) is 0 Å². The number of carbonyl (C=O) groups excluding carboxylic acids is 2. The molecule has 0 unspecified atom stereocenters. The highest BCUT2D eigenvalue weighted by Gasteiger charge is 2.35. The molecule has 2 aromatic heterocycles. The van der Waals surface area contributed by atoms with Crippen LogP contribution in [0, 0.1) is 0 Å². The standard InChI is InChI=1S/C31H27N3O3/c1-33-18-24(22-12-5-7-14-26(22)33)28-29(31(36)32-30(28)35)25-19-34(27-15-8-6-13-23(25)27)16-9-17-37-20-21-10-3-2-4-11-21/h2-8,10-15,18-19H,9,16-17,20H2,1H3,(H,32,35,36). The molecule has 0 fully saturated rings. The number of benzene rings is 3. The van der Waals surface area contributed by atoms with Gasteiger partial charge in [-0.25, -0.2) is 0 Å². The molecule has 3 heterocycles. The van der Waals surface area contributed by atoms with E-state index in [0.717, 1.165) is 51.5 Å². The van der Waals surface area contributed by atoms with Crippen molar-refractivity contribution in [3.05, 3.63) is 108 Å². The zero-order valence-corrected chi connectivity index (χ0v) is 20.6. The number of para-hydroxylation sites is 2. The molecule has 0 spiro atoms. The summed E-state index contributed by atoms with van der Waals surface area (Å²) < 4.78 is 10.0. The van der Waals surface area contributed by atoms with Gasteiger partial charge in [-0.05, 0) is 24.1 Å². The van der Waals surface area contributed by atoms with Crippen molar-refractivity contribution in [2.24, 2.45) is 7.05 Å². The van der Waals surface area contributed by atoms with E-state index >= 15 is 0 Å². The predicted octanol–water partition coefficient (Wildman–Crippen LogP) is 5.31. The van der Waals surface area contributed by atoms with Crippen LogP contribution < -0.4 is 5.32 Å². The number of ether oxygens (including phenoxy) is 1. The Kier molecular flexibility index (Phi) is 5.94. The molecule has 2 amide bonds. The van der Waals surface area contributed by atoms with Gasteiger partial charge in [0.1, 0.15) is 0 Å². The lowest BCUT2D eigenvalue weighted by Gasteiger charge is -2.07. The number of hydrogen-bond donors (Lipinski definition) is 1. The minimum absolute atomic E-state index is 0.359. The Morgan fingerprint density at radius 3 is 2.05 bits per heavy atom. The maximum Gasteiger partial charge on any atom is 0.259 e. The molecule has 6 heteroatoms. The molecule has 6 rings (SSSR count). The van der Waals surface area contributed by atoms with Crippen LogP contribution in [0.5, 0.6) is 0 Å². The van der Waals surface area contributed by atoms with Gasteiger partial charge in [-0.1, -0.05) is 66.7 Å². The Morgan fingerprint density at radius 2 is 1.32 bits per heavy atom. The van der Waals surface area contributed by atoms with Gasteiger partial charge in [0.25, 0.3) is 11.8 Å². The van der Waals surface area contributed by atoms with Gasteiger partial charge >= 0.3 is 0 Å². The van der Waals surface area contributed by atoms with Crippen molar-refractivity contribution < 1.29 is 14.3 Å². The average molecular weight is 490 g/mol. The van der Waals surface area contributed by atoms with E-state index in [9.17, 15) is 9.59 Å². The van der Waals surface area contributed by atoms with Crippen molar-refractivity contribution in [1.82, 2.24) is 14.5 Å². The van der Waals surface area contributed by atoms with E-state index < -0.39 is 0 Å². The molecule has 0 saturated carbocycles. The smallest absolute Gasteiger partial charge is 0.259 e. The summed E-state index contributed by atoms with van der Waals surface area (Å²) in [5.74, 6) is -0.718. The first kappa shape index (κ1) is 23.0. The fraction of sp³-hybridized carbons (Fsp3) is 0.161. The summed E-state index contributed by atoms with van der Waals surface area (Å²) in [6, 6.07) is 26.1. The maximum atomic E-state index is 13.2. The number of aromatic nitrogens is 2. The molecule has 3 aromatic carbocycles. The van der Waals surface area contributed by atoms with Crippen molar-refractivity contribution >= 4 is 44.8 Å². The van der Waals surface area contributed by atoms with Crippen molar-refractivity contribution in [3.8, 4) is 0 Å². The third-order valence-corrected chi connectivity index (χ3v) is 6.95. The van der Waals surface area contributed by atoms with Crippen LogP contribution >= 0.6 is 0 Å². The number of carbonyl (C=O) groups is 2. The van der Waals surface area contributed by atoms with Gasteiger partial charge in [-0.3, -0.25) is 14.9 Å². The van der Waals surface area contributed by atoms with Gasteiger partial charge in [0.05, 0.1) is 17.8 Å². The maximum absolute atomic E-state index is 13.2. The van der Waals surface area contributed by atoms with Crippen molar-refractivity contribution in [1.29, 1.82) is 0 Å². The first-order valence-corrected chi connectivity index (χ1v) is 12.5. The van der Waals surface area contributed by atoms with Crippen LogP contribution in [0.3, 0.4) is 0 Å². The fourth-order valence-electron chi connectivity index (χ4n) is 5.24. The topological polar surface area (TPSA) is 65.3 Å². The number of fused-ring (bicyclic) bond motifs is 2. The lowest BCUT2D eigenvalue weighted by atomic mass is 9.95. The van der Waals surface area contributed by atoms with E-state index in [1.807, 2.05) is 84.7 Å². The van der Waals surface area contributed by atoms with Gasteiger partial charge in [0.2, 0.25) is 0 Å². The van der Waals surface area contributed by atoms with E-state index in [2.05, 4.69) is 28.1 Å². The van der Waals surface area contributed by atoms with Crippen LogP contribution in [0.4, 0.5) is 0 Å². The summed E-state index contributed by atoms with van der Waals surface area (Å²) in [6.45, 7) is 1.95. The van der Waals surface area contributed by atoms with Crippen LogP contribution in [0.25, 0.3) is 33.0 Å². The molecule has 0 atom stereocenters. The van der Waals surface area contributed by atoms with Crippen LogP contribution in [0.2, 0.25) is 0 Å². The Labute approximate surface area is 214 Å². The van der Waals surface area contributed by atoms with E-state index in [4.69, 9.17) is 4.74 Å². The van der Waals surface area contributed by atoms with Crippen molar-refractivity contribution in [2.75, 3.05) is 6.61 Å². The van der Waals surface area contributed by atoms with E-state index in [1.165, 1.54) is 0 Å². The summed E-state index contributed by atoms with van der Waals surface area (Å²) in [5.41, 5.74) is 5.58. The number of hydrogen-bond acceptors (Lipinski definition) is 3. The van der Waals surface area contributed by atoms with Crippen LogP contribution in [0.1, 0.15) is 23.1 Å². The number of rotatable bonds is 8. The number of nitrogens with zero attached hydrogens (tertiary/aromatic N) is 2. The fourth-order valence-corrected chi connectivity index (χ4v) is 5.24. The highest BCUT2D eigenvalue weighted by Crippen LogP contribution is 2.38. The van der Waals surface area contributed by atoms with Gasteiger partial charge in [-0.15, -0.1) is 0 Å². The van der Waals surface area contributed by atoms with Crippen molar-refractivity contribution in [3.63, 3.8) is 0 Å². The molecule has 1 N–H and O–H groups in total. The molecule has 0 aliphatic carbocycles. The molecule has 0 radical (unpaired) electrons. The van der Waals surface area contributed by atoms with Crippen LogP contribution in [-0.4, -0.2) is 27.6 Å². The molecular formula is C31H27N3O3. The molecule has 1 aliphatic heterocycles. The van der Waals surface area contributed by atoms with Crippen LogP contribution in [-0.2, 0) is 34.5 Å². The summed E-state index contributed by atoms with van der Waals surface area (Å²) in [5, 5.41) is 4.44. The second-order valence-corrected chi connectivity index (χ2v) is 9.35. The quantitative estimate of drug-likeness (QED) is 0.237. The van der Waals surface area contributed by atoms with Crippen molar-refractivity contribution in [2.45, 2.75) is 19.6 Å².